The van der Waals surface area contributed by atoms with Crippen LogP contribution in [-0.2, 0) is 4.74 Å². The van der Waals surface area contributed by atoms with Crippen molar-refractivity contribution in [3.63, 3.8) is 0 Å². The topological polar surface area (TPSA) is 68.5 Å². The van der Waals surface area contributed by atoms with Crippen LogP contribution >= 0.6 is 11.6 Å². The van der Waals surface area contributed by atoms with Gasteiger partial charge >= 0.3 is 5.97 Å². The second-order valence-corrected chi connectivity index (χ2v) is 5.54. The third-order valence-corrected chi connectivity index (χ3v) is 3.88. The lowest BCUT2D eigenvalue weighted by Gasteiger charge is -2.08. The van der Waals surface area contributed by atoms with Crippen molar-refractivity contribution in [2.45, 2.75) is 0 Å². The lowest BCUT2D eigenvalue weighted by molar-refractivity contribution is 0.0602. The zero-order valence-corrected chi connectivity index (χ0v) is 14.0. The van der Waals surface area contributed by atoms with E-state index in [4.69, 9.17) is 20.8 Å². The Balaban J connectivity index is 1.84. The summed E-state index contributed by atoms with van der Waals surface area (Å²) in [5.41, 5.74) is 1.30. The van der Waals surface area contributed by atoms with E-state index in [1.807, 2.05) is 12.1 Å². The molecule has 1 heterocycles. The highest BCUT2D eigenvalue weighted by Crippen LogP contribution is 2.29. The van der Waals surface area contributed by atoms with E-state index in [2.05, 4.69) is 5.32 Å². The molecule has 2 aromatic carbocycles. The molecule has 1 amide bonds. The van der Waals surface area contributed by atoms with Gasteiger partial charge in [0.15, 0.2) is 5.76 Å². The first-order valence-corrected chi connectivity index (χ1v) is 7.81. The normalized spacial score (nSPS) is 10.3. The van der Waals surface area contributed by atoms with Crippen LogP contribution in [0.4, 0.5) is 5.69 Å². The van der Waals surface area contributed by atoms with E-state index in [1.54, 1.807) is 48.5 Å². The number of benzene rings is 2. The quantitative estimate of drug-likeness (QED) is 0.692. The number of amides is 1. The molecule has 0 atom stereocenters. The largest absolute Gasteiger partial charge is 0.465 e. The number of hydrogen-bond donors (Lipinski definition) is 1. The van der Waals surface area contributed by atoms with Gasteiger partial charge in [0.25, 0.3) is 5.91 Å². The summed E-state index contributed by atoms with van der Waals surface area (Å²) in [7, 11) is 1.28. The van der Waals surface area contributed by atoms with Gasteiger partial charge in [-0.15, -0.1) is 0 Å². The Hall–Kier alpha value is -3.05. The van der Waals surface area contributed by atoms with Gasteiger partial charge < -0.3 is 14.5 Å². The van der Waals surface area contributed by atoms with Gasteiger partial charge in [-0.1, -0.05) is 35.9 Å². The Labute approximate surface area is 149 Å². The lowest BCUT2D eigenvalue weighted by atomic mass is 10.1. The molecule has 126 valence electrons. The number of nitrogens with one attached hydrogen (secondary N) is 1. The average molecular weight is 356 g/mol. The fourth-order valence-corrected chi connectivity index (χ4v) is 2.56. The van der Waals surface area contributed by atoms with Gasteiger partial charge in [0, 0.05) is 5.56 Å². The Morgan fingerprint density at radius 1 is 1.00 bits per heavy atom. The number of furan rings is 1. The zero-order valence-electron chi connectivity index (χ0n) is 13.3. The molecule has 0 bridgehead atoms. The summed E-state index contributed by atoms with van der Waals surface area (Å²) < 4.78 is 10.3. The molecular weight excluding hydrogens is 342 g/mol. The molecule has 1 N–H and O–H groups in total. The molecule has 0 saturated carbocycles. The number of ether oxygens (including phenoxy) is 1. The molecule has 0 aliphatic heterocycles. The number of methoxy groups -OCH3 is 1. The summed E-state index contributed by atoms with van der Waals surface area (Å²) in [6.45, 7) is 0. The fourth-order valence-electron chi connectivity index (χ4n) is 2.33. The van der Waals surface area contributed by atoms with Crippen molar-refractivity contribution in [1.82, 2.24) is 0 Å². The summed E-state index contributed by atoms with van der Waals surface area (Å²) in [5.74, 6) is -0.423. The Bertz CT molecular complexity index is 932. The molecule has 0 spiro atoms. The van der Waals surface area contributed by atoms with Crippen LogP contribution in [0, 0.1) is 0 Å². The molecule has 1 aromatic heterocycles. The van der Waals surface area contributed by atoms with Gasteiger partial charge in [0.05, 0.1) is 23.4 Å². The van der Waals surface area contributed by atoms with Crippen LogP contribution in [-0.4, -0.2) is 19.0 Å². The average Bonchev–Trinajstić information content (AvgIpc) is 3.12. The van der Waals surface area contributed by atoms with Gasteiger partial charge in [0.1, 0.15) is 5.76 Å². The molecule has 0 fully saturated rings. The van der Waals surface area contributed by atoms with Crippen molar-refractivity contribution >= 4 is 29.2 Å². The van der Waals surface area contributed by atoms with E-state index in [1.165, 1.54) is 7.11 Å². The summed E-state index contributed by atoms with van der Waals surface area (Å²) in [6.07, 6.45) is 0. The summed E-state index contributed by atoms with van der Waals surface area (Å²) in [5, 5.41) is 3.18. The van der Waals surface area contributed by atoms with Crippen molar-refractivity contribution in [3.8, 4) is 11.3 Å². The van der Waals surface area contributed by atoms with Gasteiger partial charge in [-0.3, -0.25) is 4.79 Å². The number of halogens is 1. The molecule has 0 aliphatic carbocycles. The highest BCUT2D eigenvalue weighted by Gasteiger charge is 2.17. The molecule has 25 heavy (non-hydrogen) atoms. The van der Waals surface area contributed by atoms with E-state index in [0.29, 0.717) is 22.0 Å². The van der Waals surface area contributed by atoms with Crippen LogP contribution in [0.25, 0.3) is 11.3 Å². The SMILES string of the molecule is COC(=O)c1ccccc1NC(=O)c1ccc(-c2ccccc2Cl)o1. The number of para-hydroxylation sites is 1. The summed E-state index contributed by atoms with van der Waals surface area (Å²) in [6, 6.07) is 17.0. The molecule has 0 saturated heterocycles. The van der Waals surface area contributed by atoms with Gasteiger partial charge in [-0.05, 0) is 36.4 Å². The zero-order chi connectivity index (χ0) is 17.8. The number of hydrogen-bond acceptors (Lipinski definition) is 4. The highest BCUT2D eigenvalue weighted by atomic mass is 35.5. The number of carbonyl (C=O) groups excluding carboxylic acids is 2. The first kappa shape index (κ1) is 16.8. The number of anilines is 1. The van der Waals surface area contributed by atoms with Crippen LogP contribution < -0.4 is 5.32 Å². The predicted octanol–water partition coefficient (Wildman–Crippen LogP) is 4.64. The van der Waals surface area contributed by atoms with E-state index in [9.17, 15) is 9.59 Å². The van der Waals surface area contributed by atoms with Gasteiger partial charge in [-0.25, -0.2) is 4.79 Å². The van der Waals surface area contributed by atoms with Crippen LogP contribution in [0.5, 0.6) is 0 Å². The maximum absolute atomic E-state index is 12.4. The van der Waals surface area contributed by atoms with Crippen molar-refractivity contribution in [3.05, 3.63) is 77.0 Å². The smallest absolute Gasteiger partial charge is 0.339 e. The van der Waals surface area contributed by atoms with Crippen LogP contribution in [0.15, 0.2) is 65.1 Å². The third-order valence-electron chi connectivity index (χ3n) is 3.55. The summed E-state index contributed by atoms with van der Waals surface area (Å²) in [4.78, 5) is 24.2. The van der Waals surface area contributed by atoms with Crippen LogP contribution in [0.2, 0.25) is 5.02 Å². The molecule has 0 radical (unpaired) electrons. The molecule has 3 aromatic rings. The van der Waals surface area contributed by atoms with Crippen molar-refractivity contribution in [2.24, 2.45) is 0 Å². The van der Waals surface area contributed by atoms with Gasteiger partial charge in [0.2, 0.25) is 0 Å². The van der Waals surface area contributed by atoms with Crippen LogP contribution in [0.1, 0.15) is 20.9 Å². The monoisotopic (exact) mass is 355 g/mol. The van der Waals surface area contributed by atoms with Gasteiger partial charge in [-0.2, -0.15) is 0 Å². The fraction of sp³-hybridized carbons (Fsp3) is 0.0526. The predicted molar refractivity (Wildman–Crippen MR) is 94.9 cm³/mol. The van der Waals surface area contributed by atoms with Crippen LogP contribution in [0.3, 0.4) is 0 Å². The first-order valence-electron chi connectivity index (χ1n) is 7.43. The molecule has 0 unspecified atom stereocenters. The van der Waals surface area contributed by atoms with E-state index >= 15 is 0 Å². The minimum Gasteiger partial charge on any atom is -0.465 e. The molecule has 3 rings (SSSR count). The molecule has 6 heteroatoms. The van der Waals surface area contributed by atoms with E-state index in [-0.39, 0.29) is 11.3 Å². The lowest BCUT2D eigenvalue weighted by Crippen LogP contribution is -2.14. The van der Waals surface area contributed by atoms with Crippen molar-refractivity contribution < 1.29 is 18.7 Å². The number of esters is 1. The minimum atomic E-state index is -0.535. The maximum Gasteiger partial charge on any atom is 0.339 e. The minimum absolute atomic E-state index is 0.106. The Morgan fingerprint density at radius 2 is 1.72 bits per heavy atom. The third kappa shape index (κ3) is 3.56. The molecule has 5 nitrogen and oxygen atoms in total. The number of rotatable bonds is 4. The highest BCUT2D eigenvalue weighted by molar-refractivity contribution is 6.33. The first-order chi connectivity index (χ1) is 12.1. The standard InChI is InChI=1S/C19H14ClNO4/c1-24-19(23)13-7-3-5-9-15(13)21-18(22)17-11-10-16(25-17)12-6-2-4-8-14(12)20/h2-11H,1H3,(H,21,22). The second kappa shape index (κ2) is 7.23. The summed E-state index contributed by atoms with van der Waals surface area (Å²) >= 11 is 6.14. The maximum atomic E-state index is 12.4. The second-order valence-electron chi connectivity index (χ2n) is 5.14. The van der Waals surface area contributed by atoms with Crippen molar-refractivity contribution in [2.75, 3.05) is 12.4 Å². The molecular formula is C19H14ClNO4. The molecule has 0 aliphatic rings. The Morgan fingerprint density at radius 3 is 2.48 bits per heavy atom. The van der Waals surface area contributed by atoms with E-state index in [0.717, 1.165) is 0 Å². The van der Waals surface area contributed by atoms with Crippen molar-refractivity contribution in [1.29, 1.82) is 0 Å². The Kier molecular flexibility index (Phi) is 4.86. The van der Waals surface area contributed by atoms with E-state index < -0.39 is 11.9 Å². The number of carbonyl (C=O) groups is 2.